The van der Waals surface area contributed by atoms with E-state index >= 15 is 0 Å². The molecular formula is C16H16ClNO2. The minimum absolute atomic E-state index is 0.0627. The lowest BCUT2D eigenvalue weighted by Gasteiger charge is -2.15. The van der Waals surface area contributed by atoms with Crippen molar-refractivity contribution in [3.63, 3.8) is 0 Å². The third-order valence-corrected chi connectivity index (χ3v) is 4.13. The molecule has 104 valence electrons. The SMILES string of the molecule is CN1C[C@H](C(=O)c2ccc(Cl)cc2)[C@H](c2ccco2)C1. The number of halogens is 1. The highest BCUT2D eigenvalue weighted by Gasteiger charge is 2.38. The number of Topliss-reactive ketones (excluding diaryl/α,β-unsaturated/α-hetero) is 1. The van der Waals surface area contributed by atoms with Crippen molar-refractivity contribution >= 4 is 17.4 Å². The first-order valence-corrected chi connectivity index (χ1v) is 7.04. The fourth-order valence-corrected chi connectivity index (χ4v) is 3.01. The molecule has 0 unspecified atom stereocenters. The molecule has 3 rings (SSSR count). The van der Waals surface area contributed by atoms with Crippen LogP contribution in [0, 0.1) is 5.92 Å². The third-order valence-electron chi connectivity index (χ3n) is 3.88. The summed E-state index contributed by atoms with van der Waals surface area (Å²) in [5.41, 5.74) is 0.714. The molecule has 1 saturated heterocycles. The summed E-state index contributed by atoms with van der Waals surface area (Å²) < 4.78 is 5.50. The molecule has 1 aromatic heterocycles. The summed E-state index contributed by atoms with van der Waals surface area (Å²) in [4.78, 5) is 14.9. The van der Waals surface area contributed by atoms with Crippen molar-refractivity contribution < 1.29 is 9.21 Å². The summed E-state index contributed by atoms with van der Waals surface area (Å²) in [5.74, 6) is 1.11. The van der Waals surface area contributed by atoms with Crippen LogP contribution in [-0.4, -0.2) is 30.8 Å². The number of likely N-dealkylation sites (N-methyl/N-ethyl adjacent to an activating group) is 1. The first-order chi connectivity index (χ1) is 9.65. The van der Waals surface area contributed by atoms with Gasteiger partial charge >= 0.3 is 0 Å². The highest BCUT2D eigenvalue weighted by atomic mass is 35.5. The number of carbonyl (C=O) groups is 1. The number of likely N-dealkylation sites (tertiary alicyclic amines) is 1. The molecule has 2 heterocycles. The van der Waals surface area contributed by atoms with E-state index in [1.54, 1.807) is 30.5 Å². The maximum Gasteiger partial charge on any atom is 0.168 e. The van der Waals surface area contributed by atoms with Crippen molar-refractivity contribution in [1.29, 1.82) is 0 Å². The predicted octanol–water partition coefficient (Wildman–Crippen LogP) is 3.46. The number of nitrogens with zero attached hydrogens (tertiary/aromatic N) is 1. The minimum atomic E-state index is -0.0627. The van der Waals surface area contributed by atoms with Crippen LogP contribution in [-0.2, 0) is 0 Å². The van der Waals surface area contributed by atoms with Crippen LogP contribution in [0.25, 0.3) is 0 Å². The Balaban J connectivity index is 1.87. The fraction of sp³-hybridized carbons (Fsp3) is 0.312. The molecular weight excluding hydrogens is 274 g/mol. The number of benzene rings is 1. The van der Waals surface area contributed by atoms with Gasteiger partial charge in [-0.3, -0.25) is 4.79 Å². The number of rotatable bonds is 3. The quantitative estimate of drug-likeness (QED) is 0.811. The fourth-order valence-electron chi connectivity index (χ4n) is 2.88. The largest absolute Gasteiger partial charge is 0.469 e. The molecule has 0 radical (unpaired) electrons. The van der Waals surface area contributed by atoms with Gasteiger partial charge in [0.15, 0.2) is 5.78 Å². The van der Waals surface area contributed by atoms with E-state index in [4.69, 9.17) is 16.0 Å². The van der Waals surface area contributed by atoms with Crippen molar-refractivity contribution in [2.45, 2.75) is 5.92 Å². The molecule has 2 aromatic rings. The smallest absolute Gasteiger partial charge is 0.168 e. The van der Waals surface area contributed by atoms with Crippen LogP contribution in [0.4, 0.5) is 0 Å². The van der Waals surface area contributed by atoms with Crippen molar-refractivity contribution in [2.24, 2.45) is 5.92 Å². The van der Waals surface area contributed by atoms with Crippen LogP contribution in [0.2, 0.25) is 5.02 Å². The molecule has 0 N–H and O–H groups in total. The topological polar surface area (TPSA) is 33.5 Å². The Bertz CT molecular complexity index is 591. The van der Waals surface area contributed by atoms with Gasteiger partial charge in [0.25, 0.3) is 0 Å². The second-order valence-electron chi connectivity index (χ2n) is 5.32. The van der Waals surface area contributed by atoms with Crippen molar-refractivity contribution in [3.05, 3.63) is 59.0 Å². The van der Waals surface area contributed by atoms with E-state index in [9.17, 15) is 4.79 Å². The van der Waals surface area contributed by atoms with E-state index in [2.05, 4.69) is 4.90 Å². The van der Waals surface area contributed by atoms with E-state index in [1.165, 1.54) is 0 Å². The number of carbonyl (C=O) groups excluding carboxylic acids is 1. The Morgan fingerprint density at radius 3 is 2.65 bits per heavy atom. The molecule has 0 spiro atoms. The molecule has 0 aliphatic carbocycles. The van der Waals surface area contributed by atoms with Gasteiger partial charge in [0.1, 0.15) is 5.76 Å². The highest BCUT2D eigenvalue weighted by molar-refractivity contribution is 6.30. The molecule has 0 bridgehead atoms. The summed E-state index contributed by atoms with van der Waals surface area (Å²) in [7, 11) is 2.03. The number of furan rings is 1. The highest BCUT2D eigenvalue weighted by Crippen LogP contribution is 2.34. The minimum Gasteiger partial charge on any atom is -0.469 e. The van der Waals surface area contributed by atoms with Crippen molar-refractivity contribution in [2.75, 3.05) is 20.1 Å². The van der Waals surface area contributed by atoms with Crippen LogP contribution in [0.5, 0.6) is 0 Å². The molecule has 2 atom stereocenters. The molecule has 3 nitrogen and oxygen atoms in total. The van der Waals surface area contributed by atoms with Crippen LogP contribution in [0.3, 0.4) is 0 Å². The molecule has 1 aliphatic rings. The van der Waals surface area contributed by atoms with Gasteiger partial charge in [-0.2, -0.15) is 0 Å². The zero-order valence-corrected chi connectivity index (χ0v) is 12.0. The lowest BCUT2D eigenvalue weighted by Crippen LogP contribution is -2.22. The average molecular weight is 290 g/mol. The Kier molecular flexibility index (Phi) is 3.64. The summed E-state index contributed by atoms with van der Waals surface area (Å²) in [6, 6.07) is 10.9. The van der Waals surface area contributed by atoms with Gasteiger partial charge < -0.3 is 9.32 Å². The van der Waals surface area contributed by atoms with Crippen LogP contribution < -0.4 is 0 Å². The number of hydrogen-bond donors (Lipinski definition) is 0. The van der Waals surface area contributed by atoms with Crippen LogP contribution in [0.1, 0.15) is 22.0 Å². The Labute approximate surface area is 123 Å². The van der Waals surface area contributed by atoms with E-state index in [0.717, 1.165) is 18.8 Å². The number of ketones is 1. The van der Waals surface area contributed by atoms with E-state index in [0.29, 0.717) is 10.6 Å². The van der Waals surface area contributed by atoms with Gasteiger partial charge in [-0.15, -0.1) is 0 Å². The molecule has 1 aliphatic heterocycles. The average Bonchev–Trinajstić information content (AvgIpc) is 3.07. The summed E-state index contributed by atoms with van der Waals surface area (Å²) in [5, 5.41) is 0.646. The summed E-state index contributed by atoms with van der Waals surface area (Å²) in [6.45, 7) is 1.60. The van der Waals surface area contributed by atoms with Gasteiger partial charge in [0, 0.05) is 35.5 Å². The second kappa shape index (κ2) is 5.43. The zero-order chi connectivity index (χ0) is 14.1. The van der Waals surface area contributed by atoms with Gasteiger partial charge in [-0.05, 0) is 43.4 Å². The van der Waals surface area contributed by atoms with Gasteiger partial charge in [0.05, 0.1) is 6.26 Å². The maximum absolute atomic E-state index is 12.7. The lowest BCUT2D eigenvalue weighted by molar-refractivity contribution is 0.0911. The van der Waals surface area contributed by atoms with E-state index < -0.39 is 0 Å². The molecule has 0 saturated carbocycles. The standard InChI is InChI=1S/C16H16ClNO2/c1-18-9-13(15-3-2-8-20-15)14(10-18)16(19)11-4-6-12(17)7-5-11/h2-8,13-14H,9-10H2,1H3/t13-,14+/m1/s1. The van der Waals surface area contributed by atoms with Crippen LogP contribution in [0.15, 0.2) is 47.1 Å². The maximum atomic E-state index is 12.7. The molecule has 1 fully saturated rings. The Morgan fingerprint density at radius 1 is 1.25 bits per heavy atom. The van der Waals surface area contributed by atoms with Crippen molar-refractivity contribution in [1.82, 2.24) is 4.90 Å². The lowest BCUT2D eigenvalue weighted by atomic mass is 9.87. The van der Waals surface area contributed by atoms with E-state index in [-0.39, 0.29) is 17.6 Å². The summed E-state index contributed by atoms with van der Waals surface area (Å²) >= 11 is 5.87. The molecule has 1 aromatic carbocycles. The molecule has 20 heavy (non-hydrogen) atoms. The number of hydrogen-bond acceptors (Lipinski definition) is 3. The second-order valence-corrected chi connectivity index (χ2v) is 5.76. The van der Waals surface area contributed by atoms with Crippen LogP contribution >= 0.6 is 11.6 Å². The first kappa shape index (κ1) is 13.4. The Morgan fingerprint density at radius 2 is 2.00 bits per heavy atom. The van der Waals surface area contributed by atoms with Crippen molar-refractivity contribution in [3.8, 4) is 0 Å². The normalized spacial score (nSPS) is 23.1. The van der Waals surface area contributed by atoms with Gasteiger partial charge in [-0.25, -0.2) is 0 Å². The first-order valence-electron chi connectivity index (χ1n) is 6.67. The molecule has 0 amide bonds. The van der Waals surface area contributed by atoms with E-state index in [1.807, 2.05) is 19.2 Å². The molecule has 4 heteroatoms. The van der Waals surface area contributed by atoms with Gasteiger partial charge in [-0.1, -0.05) is 11.6 Å². The third kappa shape index (κ3) is 2.51. The van der Waals surface area contributed by atoms with Gasteiger partial charge in [0.2, 0.25) is 0 Å². The Hall–Kier alpha value is -1.58. The monoisotopic (exact) mass is 289 g/mol. The summed E-state index contributed by atoms with van der Waals surface area (Å²) in [6.07, 6.45) is 1.66. The zero-order valence-electron chi connectivity index (χ0n) is 11.3. The predicted molar refractivity (Wildman–Crippen MR) is 78.2 cm³/mol.